The van der Waals surface area contributed by atoms with E-state index in [-0.39, 0.29) is 5.97 Å². The Morgan fingerprint density at radius 1 is 0.963 bits per heavy atom. The SMILES string of the molecule is CCCCN(CCCC)CC1(c2ccccc2)C(=O)Oc2ccc(C)cc21. The van der Waals surface area contributed by atoms with Crippen molar-refractivity contribution in [1.82, 2.24) is 4.90 Å². The summed E-state index contributed by atoms with van der Waals surface area (Å²) in [6, 6.07) is 16.2. The summed E-state index contributed by atoms with van der Waals surface area (Å²) in [6.07, 6.45) is 4.59. The Kier molecular flexibility index (Phi) is 6.33. The van der Waals surface area contributed by atoms with Crippen LogP contribution >= 0.6 is 0 Å². The van der Waals surface area contributed by atoms with Crippen LogP contribution in [0.15, 0.2) is 48.5 Å². The largest absolute Gasteiger partial charge is 0.425 e. The standard InChI is InChI=1S/C24H31NO2/c1-4-6-15-25(16-7-5-2)18-24(20-11-9-8-10-12-20)21-17-19(3)13-14-22(21)27-23(24)26/h8-14,17H,4-7,15-16,18H2,1-3H3. The summed E-state index contributed by atoms with van der Waals surface area (Å²) in [4.78, 5) is 15.8. The second-order valence-electron chi connectivity index (χ2n) is 7.64. The molecule has 1 unspecified atom stereocenters. The highest BCUT2D eigenvalue weighted by Crippen LogP contribution is 2.45. The number of esters is 1. The van der Waals surface area contributed by atoms with Crippen LogP contribution in [0.3, 0.4) is 0 Å². The van der Waals surface area contributed by atoms with Gasteiger partial charge in [0.05, 0.1) is 0 Å². The molecule has 0 N–H and O–H groups in total. The number of unbranched alkanes of at least 4 members (excludes halogenated alkanes) is 2. The average Bonchev–Trinajstić information content (AvgIpc) is 2.96. The molecule has 0 aromatic heterocycles. The molecule has 1 aliphatic heterocycles. The predicted molar refractivity (Wildman–Crippen MR) is 110 cm³/mol. The van der Waals surface area contributed by atoms with Gasteiger partial charge in [-0.15, -0.1) is 0 Å². The lowest BCUT2D eigenvalue weighted by Gasteiger charge is -2.34. The van der Waals surface area contributed by atoms with Gasteiger partial charge < -0.3 is 9.64 Å². The average molecular weight is 366 g/mol. The van der Waals surface area contributed by atoms with Crippen LogP contribution in [0.4, 0.5) is 0 Å². The smallest absolute Gasteiger partial charge is 0.327 e. The molecule has 0 radical (unpaired) electrons. The number of hydrogen-bond donors (Lipinski definition) is 0. The van der Waals surface area contributed by atoms with Crippen molar-refractivity contribution >= 4 is 5.97 Å². The quantitative estimate of drug-likeness (QED) is 0.457. The van der Waals surface area contributed by atoms with Gasteiger partial charge in [-0.25, -0.2) is 0 Å². The van der Waals surface area contributed by atoms with Crippen LogP contribution in [0.2, 0.25) is 0 Å². The van der Waals surface area contributed by atoms with Gasteiger partial charge >= 0.3 is 5.97 Å². The number of fused-ring (bicyclic) bond motifs is 1. The first kappa shape index (κ1) is 19.6. The van der Waals surface area contributed by atoms with E-state index in [9.17, 15) is 4.79 Å². The molecule has 0 bridgehead atoms. The van der Waals surface area contributed by atoms with Crippen LogP contribution in [-0.4, -0.2) is 30.5 Å². The van der Waals surface area contributed by atoms with Crippen molar-refractivity contribution in [2.24, 2.45) is 0 Å². The second-order valence-corrected chi connectivity index (χ2v) is 7.64. The maximum absolute atomic E-state index is 13.3. The summed E-state index contributed by atoms with van der Waals surface area (Å²) in [5, 5.41) is 0. The van der Waals surface area contributed by atoms with Crippen LogP contribution in [0.5, 0.6) is 5.75 Å². The van der Waals surface area contributed by atoms with Crippen LogP contribution in [0.1, 0.15) is 56.2 Å². The number of rotatable bonds is 9. The summed E-state index contributed by atoms with van der Waals surface area (Å²) < 4.78 is 5.78. The van der Waals surface area contributed by atoms with E-state index in [1.165, 1.54) is 0 Å². The molecule has 0 fully saturated rings. The fourth-order valence-electron chi connectivity index (χ4n) is 3.97. The maximum Gasteiger partial charge on any atom is 0.327 e. The van der Waals surface area contributed by atoms with Gasteiger partial charge in [0, 0.05) is 12.1 Å². The van der Waals surface area contributed by atoms with E-state index in [1.54, 1.807) is 0 Å². The molecule has 0 aliphatic carbocycles. The maximum atomic E-state index is 13.3. The summed E-state index contributed by atoms with van der Waals surface area (Å²) in [7, 11) is 0. The molecule has 2 aromatic carbocycles. The second kappa shape index (κ2) is 8.71. The highest BCUT2D eigenvalue weighted by molar-refractivity contribution is 5.94. The number of benzene rings is 2. The van der Waals surface area contributed by atoms with Crippen LogP contribution in [0, 0.1) is 6.92 Å². The van der Waals surface area contributed by atoms with Crippen LogP contribution in [0.25, 0.3) is 0 Å². The Morgan fingerprint density at radius 3 is 2.26 bits per heavy atom. The molecule has 1 aliphatic rings. The minimum absolute atomic E-state index is 0.146. The monoisotopic (exact) mass is 365 g/mol. The lowest BCUT2D eigenvalue weighted by molar-refractivity contribution is -0.137. The molecule has 3 heteroatoms. The number of ether oxygens (including phenoxy) is 1. The summed E-state index contributed by atoms with van der Waals surface area (Å²) in [6.45, 7) is 9.21. The Bertz CT molecular complexity index is 763. The molecule has 27 heavy (non-hydrogen) atoms. The van der Waals surface area contributed by atoms with Crippen molar-refractivity contribution < 1.29 is 9.53 Å². The summed E-state index contributed by atoms with van der Waals surface area (Å²) in [5.74, 6) is 0.563. The van der Waals surface area contributed by atoms with Gasteiger partial charge in [0.2, 0.25) is 0 Å². The minimum atomic E-state index is -0.746. The van der Waals surface area contributed by atoms with Crippen molar-refractivity contribution in [2.75, 3.05) is 19.6 Å². The number of hydrogen-bond acceptors (Lipinski definition) is 3. The molecule has 0 spiro atoms. The zero-order chi connectivity index (χ0) is 19.3. The zero-order valence-electron chi connectivity index (χ0n) is 16.8. The lowest BCUT2D eigenvalue weighted by atomic mass is 9.74. The van der Waals surface area contributed by atoms with E-state index >= 15 is 0 Å². The molecule has 144 valence electrons. The minimum Gasteiger partial charge on any atom is -0.425 e. The van der Waals surface area contributed by atoms with Crippen molar-refractivity contribution in [1.29, 1.82) is 0 Å². The molecule has 1 heterocycles. The predicted octanol–water partition coefficient (Wildman–Crippen LogP) is 5.10. The fourth-order valence-corrected chi connectivity index (χ4v) is 3.97. The molecule has 1 atom stereocenters. The Balaban J connectivity index is 2.07. The third-order valence-electron chi connectivity index (χ3n) is 5.53. The first-order valence-corrected chi connectivity index (χ1v) is 10.2. The molecule has 0 amide bonds. The van der Waals surface area contributed by atoms with Gasteiger partial charge in [0.15, 0.2) is 0 Å². The third kappa shape index (κ3) is 3.93. The van der Waals surface area contributed by atoms with Gasteiger partial charge in [0.25, 0.3) is 0 Å². The molecular formula is C24H31NO2. The summed E-state index contributed by atoms with van der Waals surface area (Å²) in [5.41, 5.74) is 2.44. The zero-order valence-corrected chi connectivity index (χ0v) is 16.8. The van der Waals surface area contributed by atoms with E-state index in [2.05, 4.69) is 43.9 Å². The first-order valence-electron chi connectivity index (χ1n) is 10.2. The van der Waals surface area contributed by atoms with Crippen molar-refractivity contribution in [3.05, 3.63) is 65.2 Å². The number of carbonyl (C=O) groups excluding carboxylic acids is 1. The molecule has 0 saturated heterocycles. The van der Waals surface area contributed by atoms with E-state index in [0.717, 1.165) is 55.5 Å². The van der Waals surface area contributed by atoms with E-state index in [4.69, 9.17) is 4.74 Å². The number of nitrogens with zero attached hydrogens (tertiary/aromatic N) is 1. The lowest BCUT2D eigenvalue weighted by Crippen LogP contribution is -2.47. The van der Waals surface area contributed by atoms with E-state index in [1.807, 2.05) is 30.3 Å². The highest BCUT2D eigenvalue weighted by Gasteiger charge is 2.51. The normalized spacial score (nSPS) is 18.6. The third-order valence-corrected chi connectivity index (χ3v) is 5.53. The topological polar surface area (TPSA) is 29.5 Å². The summed E-state index contributed by atoms with van der Waals surface area (Å²) >= 11 is 0. The number of carbonyl (C=O) groups is 1. The Morgan fingerprint density at radius 2 is 1.63 bits per heavy atom. The highest BCUT2D eigenvalue weighted by atomic mass is 16.5. The molecule has 0 saturated carbocycles. The van der Waals surface area contributed by atoms with Crippen molar-refractivity contribution in [2.45, 2.75) is 51.9 Å². The van der Waals surface area contributed by atoms with Crippen LogP contribution in [-0.2, 0) is 10.2 Å². The van der Waals surface area contributed by atoms with Crippen molar-refractivity contribution in [3.63, 3.8) is 0 Å². The van der Waals surface area contributed by atoms with Gasteiger partial charge in [-0.3, -0.25) is 4.79 Å². The Labute approximate surface area is 163 Å². The number of aryl methyl sites for hydroxylation is 1. The van der Waals surface area contributed by atoms with Gasteiger partial charge in [-0.2, -0.15) is 0 Å². The van der Waals surface area contributed by atoms with Gasteiger partial charge in [-0.1, -0.05) is 74.7 Å². The fraction of sp³-hybridized carbons (Fsp3) is 0.458. The molecule has 2 aromatic rings. The molecule has 3 rings (SSSR count). The molecular weight excluding hydrogens is 334 g/mol. The molecule has 3 nitrogen and oxygen atoms in total. The first-order chi connectivity index (χ1) is 13.1. The Hall–Kier alpha value is -2.13. The van der Waals surface area contributed by atoms with Gasteiger partial charge in [0.1, 0.15) is 11.2 Å². The van der Waals surface area contributed by atoms with Gasteiger partial charge in [-0.05, 0) is 44.5 Å². The van der Waals surface area contributed by atoms with Crippen molar-refractivity contribution in [3.8, 4) is 5.75 Å². The van der Waals surface area contributed by atoms with E-state index < -0.39 is 5.41 Å². The van der Waals surface area contributed by atoms with E-state index in [0.29, 0.717) is 12.3 Å². The van der Waals surface area contributed by atoms with Crippen LogP contribution < -0.4 is 4.74 Å².